The highest BCUT2D eigenvalue weighted by Crippen LogP contribution is 2.12. The second-order valence-corrected chi connectivity index (χ2v) is 3.42. The van der Waals surface area contributed by atoms with E-state index in [0.717, 1.165) is 31.3 Å². The molecule has 2 rings (SSSR count). The predicted molar refractivity (Wildman–Crippen MR) is 45.7 cm³/mol. The Morgan fingerprint density at radius 2 is 2.67 bits per heavy atom. The molecule has 0 aliphatic carbocycles. The molecule has 1 aliphatic heterocycles. The predicted octanol–water partition coefficient (Wildman–Crippen LogP) is -0.0329. The van der Waals surface area contributed by atoms with Crippen LogP contribution in [-0.2, 0) is 13.5 Å². The molecule has 1 fully saturated rings. The SMILES string of the molecule is Cn1cnnc1C[C@H]1CCNC1. The highest BCUT2D eigenvalue weighted by atomic mass is 15.2. The Morgan fingerprint density at radius 1 is 1.75 bits per heavy atom. The van der Waals surface area contributed by atoms with Crippen molar-refractivity contribution in [2.75, 3.05) is 13.1 Å². The molecule has 0 bridgehead atoms. The maximum absolute atomic E-state index is 4.06. The van der Waals surface area contributed by atoms with Crippen LogP contribution in [0.15, 0.2) is 6.33 Å². The molecule has 0 spiro atoms. The maximum Gasteiger partial charge on any atom is 0.132 e. The van der Waals surface area contributed by atoms with Crippen molar-refractivity contribution >= 4 is 0 Å². The van der Waals surface area contributed by atoms with Crippen molar-refractivity contribution in [1.82, 2.24) is 20.1 Å². The lowest BCUT2D eigenvalue weighted by molar-refractivity contribution is 0.548. The van der Waals surface area contributed by atoms with Crippen LogP contribution in [0.3, 0.4) is 0 Å². The van der Waals surface area contributed by atoms with E-state index < -0.39 is 0 Å². The monoisotopic (exact) mass is 166 g/mol. The first-order valence-corrected chi connectivity index (χ1v) is 4.40. The quantitative estimate of drug-likeness (QED) is 0.670. The molecule has 1 N–H and O–H groups in total. The Hall–Kier alpha value is -0.900. The Bertz CT molecular complexity index is 249. The van der Waals surface area contributed by atoms with Crippen LogP contribution in [0.2, 0.25) is 0 Å². The second-order valence-electron chi connectivity index (χ2n) is 3.42. The normalized spacial score (nSPS) is 23.2. The van der Waals surface area contributed by atoms with Crippen molar-refractivity contribution in [3.63, 3.8) is 0 Å². The minimum absolute atomic E-state index is 0.757. The fourth-order valence-electron chi connectivity index (χ4n) is 1.64. The fourth-order valence-corrected chi connectivity index (χ4v) is 1.64. The summed E-state index contributed by atoms with van der Waals surface area (Å²) in [7, 11) is 2.00. The summed E-state index contributed by atoms with van der Waals surface area (Å²) in [5, 5.41) is 11.3. The van der Waals surface area contributed by atoms with Gasteiger partial charge < -0.3 is 9.88 Å². The first-order chi connectivity index (χ1) is 5.86. The number of aryl methyl sites for hydroxylation is 1. The molecular formula is C8H14N4. The molecule has 1 saturated heterocycles. The molecule has 0 radical (unpaired) electrons. The van der Waals surface area contributed by atoms with Crippen molar-refractivity contribution in [3.05, 3.63) is 12.2 Å². The molecule has 4 heteroatoms. The zero-order valence-corrected chi connectivity index (χ0v) is 7.32. The molecule has 0 aromatic carbocycles. The van der Waals surface area contributed by atoms with Crippen LogP contribution in [0.4, 0.5) is 0 Å². The molecule has 1 aliphatic rings. The van der Waals surface area contributed by atoms with E-state index in [-0.39, 0.29) is 0 Å². The Morgan fingerprint density at radius 3 is 3.25 bits per heavy atom. The van der Waals surface area contributed by atoms with Crippen LogP contribution in [0.1, 0.15) is 12.2 Å². The van der Waals surface area contributed by atoms with E-state index in [2.05, 4.69) is 15.5 Å². The number of nitrogens with one attached hydrogen (secondary N) is 1. The average Bonchev–Trinajstić information content (AvgIpc) is 2.65. The molecule has 0 unspecified atom stereocenters. The van der Waals surface area contributed by atoms with Gasteiger partial charge in [0.25, 0.3) is 0 Å². The maximum atomic E-state index is 4.06. The zero-order chi connectivity index (χ0) is 8.39. The average molecular weight is 166 g/mol. The molecule has 1 aromatic heterocycles. The van der Waals surface area contributed by atoms with Gasteiger partial charge in [0, 0.05) is 13.5 Å². The van der Waals surface area contributed by atoms with Crippen molar-refractivity contribution < 1.29 is 0 Å². The van der Waals surface area contributed by atoms with E-state index in [1.165, 1.54) is 6.42 Å². The van der Waals surface area contributed by atoms with Crippen molar-refractivity contribution in [2.24, 2.45) is 13.0 Å². The third kappa shape index (κ3) is 1.48. The summed E-state index contributed by atoms with van der Waals surface area (Å²) >= 11 is 0. The second kappa shape index (κ2) is 3.23. The van der Waals surface area contributed by atoms with E-state index >= 15 is 0 Å². The fraction of sp³-hybridized carbons (Fsp3) is 0.750. The smallest absolute Gasteiger partial charge is 0.132 e. The molecule has 66 valence electrons. The topological polar surface area (TPSA) is 42.7 Å². The number of nitrogens with zero attached hydrogens (tertiary/aromatic N) is 3. The largest absolute Gasteiger partial charge is 0.321 e. The standard InChI is InChI=1S/C8H14N4/c1-12-6-10-11-8(12)4-7-2-3-9-5-7/h6-7,9H,2-5H2,1H3/t7-/m1/s1. The van der Waals surface area contributed by atoms with Crippen LogP contribution in [-0.4, -0.2) is 27.9 Å². The summed E-state index contributed by atoms with van der Waals surface area (Å²) in [5.41, 5.74) is 0. The Kier molecular flexibility index (Phi) is 2.08. The molecule has 4 nitrogen and oxygen atoms in total. The number of rotatable bonds is 2. The lowest BCUT2D eigenvalue weighted by Gasteiger charge is -2.05. The molecule has 2 heterocycles. The summed E-state index contributed by atoms with van der Waals surface area (Å²) in [4.78, 5) is 0. The minimum Gasteiger partial charge on any atom is -0.321 e. The van der Waals surface area contributed by atoms with E-state index in [4.69, 9.17) is 0 Å². The van der Waals surface area contributed by atoms with Crippen molar-refractivity contribution in [3.8, 4) is 0 Å². The van der Waals surface area contributed by atoms with Gasteiger partial charge in [-0.25, -0.2) is 0 Å². The van der Waals surface area contributed by atoms with Crippen LogP contribution in [0.5, 0.6) is 0 Å². The lowest BCUT2D eigenvalue weighted by Crippen LogP contribution is -2.12. The van der Waals surface area contributed by atoms with Crippen LogP contribution >= 0.6 is 0 Å². The highest BCUT2D eigenvalue weighted by molar-refractivity contribution is 4.89. The number of hydrogen-bond donors (Lipinski definition) is 1. The van der Waals surface area contributed by atoms with Gasteiger partial charge in [0.2, 0.25) is 0 Å². The molecule has 1 atom stereocenters. The first-order valence-electron chi connectivity index (χ1n) is 4.40. The third-order valence-corrected chi connectivity index (χ3v) is 2.44. The molecular weight excluding hydrogens is 152 g/mol. The molecule has 0 amide bonds. The van der Waals surface area contributed by atoms with Crippen LogP contribution in [0.25, 0.3) is 0 Å². The van der Waals surface area contributed by atoms with Gasteiger partial charge >= 0.3 is 0 Å². The summed E-state index contributed by atoms with van der Waals surface area (Å²) in [6.45, 7) is 2.29. The molecule has 12 heavy (non-hydrogen) atoms. The number of aromatic nitrogens is 3. The third-order valence-electron chi connectivity index (χ3n) is 2.44. The van der Waals surface area contributed by atoms with Gasteiger partial charge in [-0.05, 0) is 25.4 Å². The van der Waals surface area contributed by atoms with Gasteiger partial charge in [-0.3, -0.25) is 0 Å². The lowest BCUT2D eigenvalue weighted by atomic mass is 10.1. The highest BCUT2D eigenvalue weighted by Gasteiger charge is 2.16. The van der Waals surface area contributed by atoms with Crippen molar-refractivity contribution in [2.45, 2.75) is 12.8 Å². The van der Waals surface area contributed by atoms with E-state index in [1.807, 2.05) is 11.6 Å². The summed E-state index contributed by atoms with van der Waals surface area (Å²) < 4.78 is 2.00. The van der Waals surface area contributed by atoms with Gasteiger partial charge in [-0.15, -0.1) is 10.2 Å². The van der Waals surface area contributed by atoms with Gasteiger partial charge in [0.15, 0.2) is 0 Å². The summed E-state index contributed by atoms with van der Waals surface area (Å²) in [6.07, 6.45) is 4.09. The van der Waals surface area contributed by atoms with Gasteiger partial charge in [0.05, 0.1) is 0 Å². The minimum atomic E-state index is 0.757. The zero-order valence-electron chi connectivity index (χ0n) is 7.32. The Labute approximate surface area is 72.0 Å². The van der Waals surface area contributed by atoms with Gasteiger partial charge in [-0.2, -0.15) is 0 Å². The summed E-state index contributed by atoms with van der Waals surface area (Å²) in [6, 6.07) is 0. The summed E-state index contributed by atoms with van der Waals surface area (Å²) in [5.74, 6) is 1.86. The van der Waals surface area contributed by atoms with Gasteiger partial charge in [-0.1, -0.05) is 0 Å². The van der Waals surface area contributed by atoms with E-state index in [1.54, 1.807) is 6.33 Å². The van der Waals surface area contributed by atoms with Crippen LogP contribution < -0.4 is 5.32 Å². The molecule has 0 saturated carbocycles. The number of hydrogen-bond acceptors (Lipinski definition) is 3. The van der Waals surface area contributed by atoms with E-state index in [9.17, 15) is 0 Å². The molecule has 1 aromatic rings. The van der Waals surface area contributed by atoms with Crippen LogP contribution in [0, 0.1) is 5.92 Å². The van der Waals surface area contributed by atoms with Crippen molar-refractivity contribution in [1.29, 1.82) is 0 Å². The first kappa shape index (κ1) is 7.73. The van der Waals surface area contributed by atoms with E-state index in [0.29, 0.717) is 0 Å². The van der Waals surface area contributed by atoms with Gasteiger partial charge in [0.1, 0.15) is 12.2 Å². The Balaban J connectivity index is 1.98.